The number of fused-ring (bicyclic) bond motifs is 2. The van der Waals surface area contributed by atoms with Crippen LogP contribution in [0.25, 0.3) is 22.3 Å². The average Bonchev–Trinajstić information content (AvgIpc) is 3.02. The van der Waals surface area contributed by atoms with Crippen molar-refractivity contribution in [1.82, 2.24) is 50.1 Å². The number of aromatic nitrogens is 10. The van der Waals surface area contributed by atoms with Crippen molar-refractivity contribution in [2.45, 2.75) is 0 Å². The van der Waals surface area contributed by atoms with Gasteiger partial charge in [0.25, 0.3) is 0 Å². The van der Waals surface area contributed by atoms with Gasteiger partial charge in [-0.25, -0.2) is 0 Å². The molecule has 0 radical (unpaired) electrons. The molecule has 0 saturated heterocycles. The molecule has 0 aromatic carbocycles. The van der Waals surface area contributed by atoms with Gasteiger partial charge in [0, 0.05) is 0 Å². The third-order valence-electron chi connectivity index (χ3n) is 2.77. The Balaban J connectivity index is 2.08. The summed E-state index contributed by atoms with van der Waals surface area (Å²) >= 11 is 5.95. The van der Waals surface area contributed by atoms with Crippen LogP contribution in [0.2, 0.25) is 5.15 Å². The molecule has 0 aliphatic rings. The van der Waals surface area contributed by atoms with Gasteiger partial charge in [-0.2, -0.15) is 19.9 Å². The zero-order chi connectivity index (χ0) is 15.4. The lowest BCUT2D eigenvalue weighted by Gasteiger charge is -2.02. The zero-order valence-corrected chi connectivity index (χ0v) is 11.3. The number of anilines is 3. The molecule has 4 aromatic rings. The molecule has 0 saturated carbocycles. The normalized spacial score (nSPS) is 11.5. The number of nitrogen functional groups attached to an aromatic ring is 3. The maximum absolute atomic E-state index is 5.95. The van der Waals surface area contributed by atoms with Gasteiger partial charge >= 0.3 is 0 Å². The lowest BCUT2D eigenvalue weighted by atomic mass is 10.5. The second kappa shape index (κ2) is 4.08. The molecule has 0 fully saturated rings. The Labute approximate surface area is 125 Å². The molecular formula is C8H6ClN13. The SMILES string of the molecule is Nc1nc(N)c2nnn(-n3nnc4c(Cl)nc(N)nc43)c2n1. The summed E-state index contributed by atoms with van der Waals surface area (Å²) in [4.78, 5) is 18.0. The fraction of sp³-hybridized carbons (Fsp3) is 0. The quantitative estimate of drug-likeness (QED) is 0.344. The molecule has 0 aliphatic carbocycles. The minimum Gasteiger partial charge on any atom is -0.382 e. The van der Waals surface area contributed by atoms with Gasteiger partial charge in [-0.05, 0) is 10.4 Å². The summed E-state index contributed by atoms with van der Waals surface area (Å²) < 4.78 is 0. The van der Waals surface area contributed by atoms with Crippen molar-refractivity contribution < 1.29 is 0 Å². The second-order valence-electron chi connectivity index (χ2n) is 4.14. The smallest absolute Gasteiger partial charge is 0.224 e. The minimum absolute atomic E-state index is 0.0369. The van der Waals surface area contributed by atoms with Gasteiger partial charge in [0.05, 0.1) is 0 Å². The Morgan fingerprint density at radius 2 is 1.27 bits per heavy atom. The predicted molar refractivity (Wildman–Crippen MR) is 75.3 cm³/mol. The van der Waals surface area contributed by atoms with E-state index in [4.69, 9.17) is 28.8 Å². The van der Waals surface area contributed by atoms with E-state index in [1.807, 2.05) is 0 Å². The minimum atomic E-state index is -0.0425. The summed E-state index contributed by atoms with van der Waals surface area (Å²) in [6, 6.07) is 0. The van der Waals surface area contributed by atoms with Gasteiger partial charge in [-0.3, -0.25) is 0 Å². The highest BCUT2D eigenvalue weighted by atomic mass is 35.5. The first-order chi connectivity index (χ1) is 10.5. The molecule has 4 aromatic heterocycles. The Morgan fingerprint density at radius 3 is 1.95 bits per heavy atom. The summed E-state index contributed by atoms with van der Waals surface area (Å²) in [7, 11) is 0. The van der Waals surface area contributed by atoms with Crippen LogP contribution in [-0.2, 0) is 0 Å². The molecule has 4 rings (SSSR count). The standard InChI is InChI=1S/C8H6ClN13/c9-3-1-5(15-7(11)13-3)21(19-17-1)22-6-2(18-20-22)4(10)14-8(12)16-6/h(H2,11,13,15)(H4,10,12,14,16). The third kappa shape index (κ3) is 1.59. The Kier molecular flexibility index (Phi) is 2.30. The average molecular weight is 320 g/mol. The topological polar surface area (TPSA) is 191 Å². The van der Waals surface area contributed by atoms with E-state index in [0.717, 1.165) is 0 Å². The molecule has 14 heteroatoms. The summed E-state index contributed by atoms with van der Waals surface area (Å²) in [6.45, 7) is 0. The Hall–Kier alpha value is -3.35. The van der Waals surface area contributed by atoms with Crippen LogP contribution in [0.3, 0.4) is 0 Å². The number of hydrogen-bond acceptors (Lipinski definition) is 11. The van der Waals surface area contributed by atoms with Crippen LogP contribution in [-0.4, -0.2) is 50.1 Å². The molecule has 110 valence electrons. The first-order valence-corrected chi connectivity index (χ1v) is 6.12. The first kappa shape index (κ1) is 12.4. The zero-order valence-electron chi connectivity index (χ0n) is 10.6. The number of nitrogens with two attached hydrogens (primary N) is 3. The summed E-state index contributed by atoms with van der Waals surface area (Å²) in [5.74, 6) is 0.00890. The van der Waals surface area contributed by atoms with Crippen LogP contribution in [0.5, 0.6) is 0 Å². The fourth-order valence-electron chi connectivity index (χ4n) is 1.88. The summed E-state index contributed by atoms with van der Waals surface area (Å²) in [5.41, 5.74) is 17.8. The van der Waals surface area contributed by atoms with Gasteiger partial charge in [0.1, 0.15) is 0 Å². The Morgan fingerprint density at radius 1 is 0.727 bits per heavy atom. The maximum Gasteiger partial charge on any atom is 0.224 e. The van der Waals surface area contributed by atoms with Crippen molar-refractivity contribution in [1.29, 1.82) is 0 Å². The van der Waals surface area contributed by atoms with E-state index >= 15 is 0 Å². The molecule has 0 unspecified atom stereocenters. The van der Waals surface area contributed by atoms with Gasteiger partial charge in [-0.1, -0.05) is 11.6 Å². The predicted octanol–water partition coefficient (Wildman–Crippen LogP) is -1.53. The molecule has 0 atom stereocenters. The van der Waals surface area contributed by atoms with Crippen molar-refractivity contribution in [3.05, 3.63) is 5.15 Å². The molecule has 22 heavy (non-hydrogen) atoms. The largest absolute Gasteiger partial charge is 0.382 e. The van der Waals surface area contributed by atoms with Crippen molar-refractivity contribution in [2.24, 2.45) is 0 Å². The van der Waals surface area contributed by atoms with Crippen molar-refractivity contribution >= 4 is 51.6 Å². The molecule has 13 nitrogen and oxygen atoms in total. The molecule has 4 heterocycles. The van der Waals surface area contributed by atoms with Crippen molar-refractivity contribution in [2.75, 3.05) is 17.2 Å². The van der Waals surface area contributed by atoms with Crippen molar-refractivity contribution in [3.63, 3.8) is 0 Å². The van der Waals surface area contributed by atoms with Crippen LogP contribution in [0, 0.1) is 0 Å². The van der Waals surface area contributed by atoms with Crippen LogP contribution >= 0.6 is 11.6 Å². The van der Waals surface area contributed by atoms with Gasteiger partial charge in [0.15, 0.2) is 22.0 Å². The third-order valence-corrected chi connectivity index (χ3v) is 3.03. The fourth-order valence-corrected chi connectivity index (χ4v) is 2.09. The highest BCUT2D eigenvalue weighted by Crippen LogP contribution is 2.20. The van der Waals surface area contributed by atoms with E-state index in [0.29, 0.717) is 0 Å². The number of nitrogens with zero attached hydrogens (tertiary/aromatic N) is 10. The van der Waals surface area contributed by atoms with E-state index in [2.05, 4.69) is 40.6 Å². The van der Waals surface area contributed by atoms with Crippen LogP contribution in [0.4, 0.5) is 17.7 Å². The van der Waals surface area contributed by atoms with Gasteiger partial charge in [-0.15, -0.1) is 19.8 Å². The van der Waals surface area contributed by atoms with Crippen LogP contribution < -0.4 is 17.2 Å². The highest BCUT2D eigenvalue weighted by molar-refractivity contribution is 6.33. The lowest BCUT2D eigenvalue weighted by molar-refractivity contribution is 0.498. The van der Waals surface area contributed by atoms with E-state index < -0.39 is 0 Å². The first-order valence-electron chi connectivity index (χ1n) is 5.74. The maximum atomic E-state index is 5.95. The molecule has 6 N–H and O–H groups in total. The van der Waals surface area contributed by atoms with Crippen LogP contribution in [0.15, 0.2) is 0 Å². The second-order valence-corrected chi connectivity index (χ2v) is 4.50. The monoisotopic (exact) mass is 319 g/mol. The van der Waals surface area contributed by atoms with Crippen LogP contribution in [0.1, 0.15) is 0 Å². The Bertz CT molecular complexity index is 948. The molecule has 0 aliphatic heterocycles. The number of halogens is 1. The number of rotatable bonds is 1. The molecule has 0 spiro atoms. The van der Waals surface area contributed by atoms with E-state index in [9.17, 15) is 0 Å². The molecule has 0 amide bonds. The summed E-state index contributed by atoms with van der Waals surface area (Å²) in [5, 5.41) is 15.6. The van der Waals surface area contributed by atoms with Gasteiger partial charge in [0.2, 0.25) is 23.2 Å². The molecular weight excluding hydrogens is 314 g/mol. The van der Waals surface area contributed by atoms with Crippen molar-refractivity contribution in [3.8, 4) is 0 Å². The molecule has 0 bridgehead atoms. The lowest BCUT2D eigenvalue weighted by Crippen LogP contribution is -2.15. The summed E-state index contributed by atoms with van der Waals surface area (Å²) in [6.07, 6.45) is 0. The van der Waals surface area contributed by atoms with Gasteiger partial charge < -0.3 is 17.2 Å². The van der Waals surface area contributed by atoms with E-state index in [1.54, 1.807) is 0 Å². The highest BCUT2D eigenvalue weighted by Gasteiger charge is 2.18. The number of hydrogen-bond donors (Lipinski definition) is 3. The van der Waals surface area contributed by atoms with E-state index in [-0.39, 0.29) is 45.2 Å². The van der Waals surface area contributed by atoms with E-state index in [1.165, 1.54) is 9.58 Å².